The van der Waals surface area contributed by atoms with Gasteiger partial charge >= 0.3 is 0 Å². The van der Waals surface area contributed by atoms with E-state index in [1.54, 1.807) is 21.2 Å². The molecule has 2 aromatic rings. The first-order chi connectivity index (χ1) is 11.4. The molecule has 132 valence electrons. The number of nitrogens with zero attached hydrogens (tertiary/aromatic N) is 4. The maximum Gasteiger partial charge on any atom is 0.281 e. The Balaban J connectivity index is 1.64. The topological polar surface area (TPSA) is 81.8 Å². The van der Waals surface area contributed by atoms with Crippen LogP contribution < -0.4 is 4.74 Å². The highest BCUT2D eigenvalue weighted by molar-refractivity contribution is 7.86. The van der Waals surface area contributed by atoms with Crippen LogP contribution >= 0.6 is 0 Å². The minimum Gasteiger partial charge on any atom is -0.497 e. The summed E-state index contributed by atoms with van der Waals surface area (Å²) in [7, 11) is 1.44. The van der Waals surface area contributed by atoms with E-state index in [0.717, 1.165) is 22.6 Å². The Hall–Kier alpha value is -1.68. The number of ether oxygens (including phenoxy) is 1. The number of hydrogen-bond acceptors (Lipinski definition) is 5. The molecule has 0 radical (unpaired) electrons. The van der Waals surface area contributed by atoms with Gasteiger partial charge in [-0.2, -0.15) is 17.0 Å². The SMILES string of the molecule is COc1ccc2nc(CN3CCN(S(=O)(=O)N(C)C)CC3)[nH]c2c1. The highest BCUT2D eigenvalue weighted by atomic mass is 32.2. The smallest absolute Gasteiger partial charge is 0.281 e. The summed E-state index contributed by atoms with van der Waals surface area (Å²) in [6.07, 6.45) is 0. The zero-order chi connectivity index (χ0) is 17.3. The predicted molar refractivity (Wildman–Crippen MR) is 92.1 cm³/mol. The van der Waals surface area contributed by atoms with Crippen LogP contribution in [0.2, 0.25) is 0 Å². The second-order valence-corrected chi connectivity index (χ2v) is 8.17. The lowest BCUT2D eigenvalue weighted by Gasteiger charge is -2.34. The Kier molecular flexibility index (Phi) is 4.77. The van der Waals surface area contributed by atoms with Gasteiger partial charge in [-0.15, -0.1) is 0 Å². The fraction of sp³-hybridized carbons (Fsp3) is 0.533. The average Bonchev–Trinajstić information content (AvgIpc) is 2.96. The number of nitrogens with one attached hydrogen (secondary N) is 1. The fourth-order valence-corrected chi connectivity index (χ4v) is 3.89. The number of rotatable bonds is 5. The van der Waals surface area contributed by atoms with Crippen molar-refractivity contribution in [3.63, 3.8) is 0 Å². The quantitative estimate of drug-likeness (QED) is 0.846. The summed E-state index contributed by atoms with van der Waals surface area (Å²) in [5.74, 6) is 1.67. The molecule has 24 heavy (non-hydrogen) atoms. The molecule has 1 aromatic carbocycles. The van der Waals surface area contributed by atoms with Gasteiger partial charge in [0.1, 0.15) is 11.6 Å². The molecule has 2 heterocycles. The number of aromatic nitrogens is 2. The molecule has 1 N–H and O–H groups in total. The lowest BCUT2D eigenvalue weighted by atomic mass is 10.3. The first-order valence-electron chi connectivity index (χ1n) is 7.83. The van der Waals surface area contributed by atoms with Crippen LogP contribution in [0.15, 0.2) is 18.2 Å². The maximum atomic E-state index is 12.1. The lowest BCUT2D eigenvalue weighted by Crippen LogP contribution is -2.51. The first-order valence-corrected chi connectivity index (χ1v) is 9.22. The van der Waals surface area contributed by atoms with E-state index in [0.29, 0.717) is 32.7 Å². The van der Waals surface area contributed by atoms with Crippen molar-refractivity contribution in [3.8, 4) is 5.75 Å². The van der Waals surface area contributed by atoms with Gasteiger partial charge in [0.25, 0.3) is 10.2 Å². The minimum absolute atomic E-state index is 0.495. The fourth-order valence-electron chi connectivity index (χ4n) is 2.80. The molecule has 0 unspecified atom stereocenters. The van der Waals surface area contributed by atoms with E-state index in [2.05, 4.69) is 14.9 Å². The number of hydrogen-bond donors (Lipinski definition) is 1. The van der Waals surface area contributed by atoms with Gasteiger partial charge in [-0.05, 0) is 12.1 Å². The Morgan fingerprint density at radius 3 is 2.58 bits per heavy atom. The van der Waals surface area contributed by atoms with Gasteiger partial charge in [0.15, 0.2) is 0 Å². The number of methoxy groups -OCH3 is 1. The van der Waals surface area contributed by atoms with Gasteiger partial charge < -0.3 is 9.72 Å². The van der Waals surface area contributed by atoms with Crippen molar-refractivity contribution in [3.05, 3.63) is 24.0 Å². The van der Waals surface area contributed by atoms with Gasteiger partial charge in [0, 0.05) is 46.3 Å². The number of imidazole rings is 1. The van der Waals surface area contributed by atoms with Crippen LogP contribution in [0.3, 0.4) is 0 Å². The molecule has 0 aliphatic carbocycles. The third-order valence-electron chi connectivity index (χ3n) is 4.23. The molecule has 0 atom stereocenters. The predicted octanol–water partition coefficient (Wildman–Crippen LogP) is 0.496. The summed E-state index contributed by atoms with van der Waals surface area (Å²) < 4.78 is 32.3. The number of aromatic amines is 1. The summed E-state index contributed by atoms with van der Waals surface area (Å²) >= 11 is 0. The molecular formula is C15H23N5O3S. The van der Waals surface area contributed by atoms with Crippen molar-refractivity contribution in [1.82, 2.24) is 23.5 Å². The zero-order valence-corrected chi connectivity index (χ0v) is 15.0. The average molecular weight is 353 g/mol. The molecule has 1 aromatic heterocycles. The molecule has 0 amide bonds. The van der Waals surface area contributed by atoms with Gasteiger partial charge in [0.05, 0.1) is 24.7 Å². The standard InChI is InChI=1S/C15H23N5O3S/c1-18(2)24(21,22)20-8-6-19(7-9-20)11-15-16-13-5-4-12(23-3)10-14(13)17-15/h4-5,10H,6-9,11H2,1-3H3,(H,16,17). The van der Waals surface area contributed by atoms with E-state index in [9.17, 15) is 8.42 Å². The van der Waals surface area contributed by atoms with Crippen LogP contribution in [0.1, 0.15) is 5.82 Å². The molecule has 3 rings (SSSR count). The van der Waals surface area contributed by atoms with Crippen molar-refractivity contribution in [2.75, 3.05) is 47.4 Å². The Morgan fingerprint density at radius 1 is 1.25 bits per heavy atom. The molecule has 0 bridgehead atoms. The van der Waals surface area contributed by atoms with E-state index in [1.165, 1.54) is 8.61 Å². The van der Waals surface area contributed by atoms with Crippen molar-refractivity contribution < 1.29 is 13.2 Å². The van der Waals surface area contributed by atoms with Gasteiger partial charge in [-0.25, -0.2) is 4.98 Å². The highest BCUT2D eigenvalue weighted by Crippen LogP contribution is 2.19. The first kappa shape index (κ1) is 17.2. The third kappa shape index (κ3) is 3.39. The Labute approximate surface area is 142 Å². The van der Waals surface area contributed by atoms with Crippen molar-refractivity contribution in [2.24, 2.45) is 0 Å². The summed E-state index contributed by atoms with van der Waals surface area (Å²) in [5.41, 5.74) is 1.85. The van der Waals surface area contributed by atoms with Crippen molar-refractivity contribution in [2.45, 2.75) is 6.54 Å². The Bertz CT molecular complexity index is 810. The molecule has 9 heteroatoms. The molecule has 8 nitrogen and oxygen atoms in total. The van der Waals surface area contributed by atoms with Gasteiger partial charge in [-0.1, -0.05) is 0 Å². The largest absolute Gasteiger partial charge is 0.497 e. The number of piperazine rings is 1. The number of benzene rings is 1. The highest BCUT2D eigenvalue weighted by Gasteiger charge is 2.28. The van der Waals surface area contributed by atoms with E-state index in [4.69, 9.17) is 4.74 Å². The summed E-state index contributed by atoms with van der Waals surface area (Å²) in [5, 5.41) is 0. The van der Waals surface area contributed by atoms with Gasteiger partial charge in [0.2, 0.25) is 0 Å². The van der Waals surface area contributed by atoms with Crippen LogP contribution in [-0.4, -0.2) is 79.3 Å². The molecule has 0 spiro atoms. The monoisotopic (exact) mass is 353 g/mol. The second kappa shape index (κ2) is 6.67. The van der Waals surface area contributed by atoms with Crippen LogP contribution in [0.4, 0.5) is 0 Å². The van der Waals surface area contributed by atoms with E-state index in [-0.39, 0.29) is 0 Å². The van der Waals surface area contributed by atoms with E-state index < -0.39 is 10.2 Å². The summed E-state index contributed by atoms with van der Waals surface area (Å²) in [6, 6.07) is 5.74. The van der Waals surface area contributed by atoms with Crippen LogP contribution in [-0.2, 0) is 16.8 Å². The second-order valence-electron chi connectivity index (χ2n) is 6.03. The molecular weight excluding hydrogens is 330 g/mol. The maximum absolute atomic E-state index is 12.1. The van der Waals surface area contributed by atoms with Crippen LogP contribution in [0.5, 0.6) is 5.75 Å². The number of H-pyrrole nitrogens is 1. The molecule has 1 saturated heterocycles. The lowest BCUT2D eigenvalue weighted by molar-refractivity contribution is 0.174. The van der Waals surface area contributed by atoms with E-state index >= 15 is 0 Å². The van der Waals surface area contributed by atoms with Crippen LogP contribution in [0.25, 0.3) is 11.0 Å². The van der Waals surface area contributed by atoms with E-state index in [1.807, 2.05) is 18.2 Å². The van der Waals surface area contributed by atoms with Crippen molar-refractivity contribution in [1.29, 1.82) is 0 Å². The molecule has 1 fully saturated rings. The molecule has 1 aliphatic heterocycles. The normalized spacial score (nSPS) is 17.7. The third-order valence-corrected chi connectivity index (χ3v) is 6.17. The number of fused-ring (bicyclic) bond motifs is 1. The zero-order valence-electron chi connectivity index (χ0n) is 14.2. The summed E-state index contributed by atoms with van der Waals surface area (Å²) in [6.45, 7) is 3.04. The molecule has 0 saturated carbocycles. The summed E-state index contributed by atoms with van der Waals surface area (Å²) in [4.78, 5) is 10.1. The molecule has 1 aliphatic rings. The Morgan fingerprint density at radius 2 is 1.96 bits per heavy atom. The minimum atomic E-state index is -3.32. The van der Waals surface area contributed by atoms with Crippen molar-refractivity contribution >= 4 is 21.2 Å². The van der Waals surface area contributed by atoms with Gasteiger partial charge in [-0.3, -0.25) is 4.90 Å². The van der Waals surface area contributed by atoms with Crippen LogP contribution in [0, 0.1) is 0 Å².